The molecule has 11 nitrogen and oxygen atoms in total. The fraction of sp³-hybridized carbons (Fsp3) is 0.324. The second-order valence-corrected chi connectivity index (χ2v) is 11.1. The minimum atomic E-state index is -0.578. The van der Waals surface area contributed by atoms with Gasteiger partial charge in [-0.25, -0.2) is 19.2 Å². The maximum absolute atomic E-state index is 14.4. The minimum Gasteiger partial charge on any atom is -0.486 e. The van der Waals surface area contributed by atoms with Crippen molar-refractivity contribution in [1.29, 1.82) is 5.26 Å². The van der Waals surface area contributed by atoms with Gasteiger partial charge in [0, 0.05) is 57.2 Å². The van der Waals surface area contributed by atoms with Crippen LogP contribution in [0, 0.1) is 17.1 Å². The number of hydrogen-bond acceptors (Lipinski definition) is 9. The van der Waals surface area contributed by atoms with Crippen LogP contribution in [-0.4, -0.2) is 68.2 Å². The van der Waals surface area contributed by atoms with Gasteiger partial charge < -0.3 is 23.9 Å². The van der Waals surface area contributed by atoms with Gasteiger partial charge in [0.1, 0.15) is 12.4 Å². The molecule has 0 spiro atoms. The van der Waals surface area contributed by atoms with Crippen LogP contribution in [0.5, 0.6) is 5.75 Å². The monoisotopic (exact) mass is 622 g/mol. The van der Waals surface area contributed by atoms with E-state index in [1.807, 2.05) is 42.9 Å². The Morgan fingerprint density at radius 1 is 1.15 bits per heavy atom. The quantitative estimate of drug-likeness (QED) is 0.215. The highest BCUT2D eigenvalue weighted by Gasteiger charge is 2.29. The highest BCUT2D eigenvalue weighted by atomic mass is 19.1. The van der Waals surface area contributed by atoms with Crippen LogP contribution < -0.4 is 10.1 Å². The molecule has 0 saturated carbocycles. The summed E-state index contributed by atoms with van der Waals surface area (Å²) in [6.07, 6.45) is 6.00. The predicted molar refractivity (Wildman–Crippen MR) is 169 cm³/mol. The number of nitrogens with one attached hydrogen (secondary N) is 1. The second-order valence-electron chi connectivity index (χ2n) is 11.1. The molecule has 1 aliphatic heterocycles. The molecule has 46 heavy (non-hydrogen) atoms. The summed E-state index contributed by atoms with van der Waals surface area (Å²) < 4.78 is 29.5. The number of esters is 1. The van der Waals surface area contributed by atoms with Crippen molar-refractivity contribution >= 4 is 17.0 Å². The predicted octanol–water partition coefficient (Wildman–Crippen LogP) is 4.26. The number of benzene rings is 2. The number of fused-ring (bicyclic) bond motifs is 1. The van der Waals surface area contributed by atoms with Crippen molar-refractivity contribution in [3.05, 3.63) is 107 Å². The first-order valence-corrected chi connectivity index (χ1v) is 15.3. The van der Waals surface area contributed by atoms with E-state index >= 15 is 0 Å². The van der Waals surface area contributed by atoms with Crippen molar-refractivity contribution in [1.82, 2.24) is 34.3 Å². The molecule has 0 bridgehead atoms. The first kappa shape index (κ1) is 30.9. The molecule has 0 radical (unpaired) electrons. The zero-order valence-corrected chi connectivity index (χ0v) is 25.8. The van der Waals surface area contributed by atoms with Gasteiger partial charge in [-0.15, -0.1) is 0 Å². The number of aryl methyl sites for hydroxylation is 1. The molecule has 1 saturated heterocycles. The van der Waals surface area contributed by atoms with Gasteiger partial charge in [-0.05, 0) is 61.0 Å². The third-order valence-corrected chi connectivity index (χ3v) is 8.29. The lowest BCUT2D eigenvalue weighted by molar-refractivity contribution is 0.0601. The third kappa shape index (κ3) is 6.61. The van der Waals surface area contributed by atoms with E-state index in [9.17, 15) is 9.18 Å². The summed E-state index contributed by atoms with van der Waals surface area (Å²) in [5, 5.41) is 12.5. The van der Waals surface area contributed by atoms with Crippen molar-refractivity contribution in [3.63, 3.8) is 0 Å². The Hall–Kier alpha value is -5.12. The highest BCUT2D eigenvalue weighted by molar-refractivity contribution is 5.93. The summed E-state index contributed by atoms with van der Waals surface area (Å²) >= 11 is 0. The number of imidazole rings is 2. The average Bonchev–Trinajstić information content (AvgIpc) is 3.70. The normalized spacial score (nSPS) is 14.2. The largest absolute Gasteiger partial charge is 0.486 e. The second kappa shape index (κ2) is 13.9. The van der Waals surface area contributed by atoms with Crippen LogP contribution in [0.25, 0.3) is 11.0 Å². The Morgan fingerprint density at radius 2 is 2.00 bits per heavy atom. The van der Waals surface area contributed by atoms with Gasteiger partial charge in [-0.3, -0.25) is 9.88 Å². The van der Waals surface area contributed by atoms with Gasteiger partial charge in [0.15, 0.2) is 11.6 Å². The molecule has 1 fully saturated rings. The van der Waals surface area contributed by atoms with Crippen LogP contribution in [0.2, 0.25) is 0 Å². The van der Waals surface area contributed by atoms with E-state index in [0.717, 1.165) is 66.5 Å². The molecule has 0 aliphatic carbocycles. The van der Waals surface area contributed by atoms with Gasteiger partial charge in [-0.2, -0.15) is 5.26 Å². The first-order chi connectivity index (χ1) is 22.5. The number of nitrogens with zero attached hydrogens (tertiary/aromatic N) is 7. The Bertz CT molecular complexity index is 1890. The fourth-order valence-electron chi connectivity index (χ4n) is 5.89. The van der Waals surface area contributed by atoms with Gasteiger partial charge in [0.2, 0.25) is 0 Å². The average molecular weight is 623 g/mol. The van der Waals surface area contributed by atoms with Crippen LogP contribution in [0.1, 0.15) is 51.7 Å². The molecule has 0 amide bonds. The summed E-state index contributed by atoms with van der Waals surface area (Å²) in [4.78, 5) is 29.2. The van der Waals surface area contributed by atoms with Crippen molar-refractivity contribution in [2.24, 2.45) is 0 Å². The Kier molecular flexibility index (Phi) is 9.33. The summed E-state index contributed by atoms with van der Waals surface area (Å²) in [6.45, 7) is 6.87. The summed E-state index contributed by atoms with van der Waals surface area (Å²) in [5.41, 5.74) is 5.03. The lowest BCUT2D eigenvalue weighted by atomic mass is 10.1. The van der Waals surface area contributed by atoms with E-state index in [4.69, 9.17) is 24.7 Å². The standard InChI is InChI=1S/C34H35FN8O3/c1-3-41-22-38-19-27(41)20-43-30-16-25(34(44)45-2)5-6-29(30)40-33(43)31(42-12-10-37-11-13-42)17-26-14-24(8-9-39-26)21-46-32-7-4-23(18-36)15-28(32)35/h4-9,14-16,19,22,31,37H,3,10-13,17,20-21H2,1-2H3. The van der Waals surface area contributed by atoms with Crippen molar-refractivity contribution in [2.45, 2.75) is 39.1 Å². The zero-order valence-electron chi connectivity index (χ0n) is 25.8. The van der Waals surface area contributed by atoms with Crippen LogP contribution in [0.4, 0.5) is 4.39 Å². The van der Waals surface area contributed by atoms with E-state index in [2.05, 4.69) is 31.3 Å². The Balaban J connectivity index is 1.36. The number of pyridine rings is 1. The molecular weight excluding hydrogens is 587 g/mol. The number of rotatable bonds is 11. The number of ether oxygens (including phenoxy) is 2. The molecule has 5 aromatic rings. The van der Waals surface area contributed by atoms with E-state index in [0.29, 0.717) is 18.5 Å². The molecule has 1 atom stereocenters. The molecule has 12 heteroatoms. The number of hydrogen-bond donors (Lipinski definition) is 1. The van der Waals surface area contributed by atoms with Crippen molar-refractivity contribution in [2.75, 3.05) is 33.3 Å². The van der Waals surface area contributed by atoms with E-state index in [1.54, 1.807) is 12.3 Å². The Morgan fingerprint density at radius 3 is 2.76 bits per heavy atom. The maximum atomic E-state index is 14.4. The fourth-order valence-corrected chi connectivity index (χ4v) is 5.89. The van der Waals surface area contributed by atoms with Crippen molar-refractivity contribution in [3.8, 4) is 11.8 Å². The number of piperazine rings is 1. The van der Waals surface area contributed by atoms with Gasteiger partial charge in [0.25, 0.3) is 0 Å². The number of nitriles is 1. The number of carbonyl (C=O) groups is 1. The third-order valence-electron chi connectivity index (χ3n) is 8.29. The minimum absolute atomic E-state index is 0.0856. The van der Waals surface area contributed by atoms with Crippen molar-refractivity contribution < 1.29 is 18.7 Å². The lowest BCUT2D eigenvalue weighted by Crippen LogP contribution is -2.46. The van der Waals surface area contributed by atoms with Gasteiger partial charge >= 0.3 is 5.97 Å². The zero-order chi connectivity index (χ0) is 32.0. The van der Waals surface area contributed by atoms with Gasteiger partial charge in [0.05, 0.1) is 59.9 Å². The molecule has 2 aromatic carbocycles. The van der Waals surface area contributed by atoms with E-state index in [1.165, 1.54) is 25.3 Å². The molecule has 1 N–H and O–H groups in total. The smallest absolute Gasteiger partial charge is 0.337 e. The summed E-state index contributed by atoms with van der Waals surface area (Å²) in [6, 6.07) is 15.2. The summed E-state index contributed by atoms with van der Waals surface area (Å²) in [7, 11) is 1.38. The topological polar surface area (TPSA) is 123 Å². The highest BCUT2D eigenvalue weighted by Crippen LogP contribution is 2.30. The molecule has 6 rings (SSSR count). The number of halogens is 1. The molecule has 236 valence electrons. The SMILES string of the molecule is CCn1cncc1Cn1c(C(Cc2cc(COc3ccc(C#N)cc3F)ccn2)N2CCNCC2)nc2ccc(C(=O)OC)cc21. The number of methoxy groups -OCH3 is 1. The maximum Gasteiger partial charge on any atom is 0.337 e. The molecule has 1 aliphatic rings. The number of aromatic nitrogens is 5. The lowest BCUT2D eigenvalue weighted by Gasteiger charge is -2.35. The number of carbonyl (C=O) groups excluding carboxylic acids is 1. The van der Waals surface area contributed by atoms with E-state index in [-0.39, 0.29) is 24.0 Å². The molecule has 4 heterocycles. The Labute approximate surface area is 266 Å². The van der Waals surface area contributed by atoms with Crippen LogP contribution in [0.15, 0.2) is 67.3 Å². The first-order valence-electron chi connectivity index (χ1n) is 15.3. The van der Waals surface area contributed by atoms with Crippen LogP contribution in [-0.2, 0) is 30.9 Å². The molecule has 1 unspecified atom stereocenters. The molecular formula is C34H35FN8O3. The molecule has 3 aromatic heterocycles. The van der Waals surface area contributed by atoms with Crippen LogP contribution in [0.3, 0.4) is 0 Å². The van der Waals surface area contributed by atoms with Gasteiger partial charge in [-0.1, -0.05) is 0 Å². The summed E-state index contributed by atoms with van der Waals surface area (Å²) in [5.74, 6) is -0.0309. The van der Waals surface area contributed by atoms with Crippen LogP contribution >= 0.6 is 0 Å². The van der Waals surface area contributed by atoms with E-state index < -0.39 is 11.8 Å².